The van der Waals surface area contributed by atoms with Gasteiger partial charge in [-0.1, -0.05) is 59.7 Å². The second-order valence-electron chi connectivity index (χ2n) is 13.7. The van der Waals surface area contributed by atoms with Gasteiger partial charge >= 0.3 is 0 Å². The van der Waals surface area contributed by atoms with Gasteiger partial charge < -0.3 is 4.74 Å². The molecule has 4 aromatic heterocycles. The van der Waals surface area contributed by atoms with Crippen molar-refractivity contribution in [3.05, 3.63) is 109 Å². The van der Waals surface area contributed by atoms with Gasteiger partial charge in [0.25, 0.3) is 0 Å². The average Bonchev–Trinajstić information content (AvgIpc) is 3.67. The molecule has 8 aromatic rings. The highest BCUT2D eigenvalue weighted by Gasteiger charge is 2.21. The van der Waals surface area contributed by atoms with Gasteiger partial charge in [-0.3, -0.25) is 8.80 Å². The molecule has 43 heavy (non-hydrogen) atoms. The Balaban J connectivity index is 1.30. The monoisotopic (exact) mass is 562 g/mol. The van der Waals surface area contributed by atoms with Crippen molar-refractivity contribution in [1.29, 1.82) is 0 Å². The van der Waals surface area contributed by atoms with Crippen molar-refractivity contribution in [1.82, 2.24) is 18.8 Å². The Labute approximate surface area is 250 Å². The molecule has 0 aliphatic heterocycles. The molecule has 0 fully saturated rings. The molecule has 0 saturated carbocycles. The Morgan fingerprint density at radius 1 is 0.558 bits per heavy atom. The fourth-order valence-electron chi connectivity index (χ4n) is 6.60. The van der Waals surface area contributed by atoms with Crippen LogP contribution in [-0.2, 0) is 10.8 Å². The fourth-order valence-corrected chi connectivity index (χ4v) is 6.60. The van der Waals surface area contributed by atoms with E-state index in [1.165, 1.54) is 38.2 Å². The minimum atomic E-state index is -0.00301. The lowest BCUT2D eigenvalue weighted by molar-refractivity contribution is 0.484. The molecule has 0 bridgehead atoms. The molecule has 0 atom stereocenters. The largest absolute Gasteiger partial charge is 0.457 e. The van der Waals surface area contributed by atoms with E-state index < -0.39 is 0 Å². The van der Waals surface area contributed by atoms with Gasteiger partial charge in [0.15, 0.2) is 0 Å². The van der Waals surface area contributed by atoms with Crippen molar-refractivity contribution in [3.8, 4) is 11.5 Å². The third-order valence-corrected chi connectivity index (χ3v) is 8.77. The first-order valence-corrected chi connectivity index (χ1v) is 14.9. The summed E-state index contributed by atoms with van der Waals surface area (Å²) in [5, 5.41) is 6.97. The number of ether oxygens (including phenoxy) is 1. The van der Waals surface area contributed by atoms with Crippen molar-refractivity contribution in [3.63, 3.8) is 0 Å². The molecule has 0 N–H and O–H groups in total. The number of fused-ring (bicyclic) bond motifs is 12. The third kappa shape index (κ3) is 3.91. The van der Waals surface area contributed by atoms with Crippen molar-refractivity contribution < 1.29 is 4.74 Å². The Morgan fingerprint density at radius 3 is 1.84 bits per heavy atom. The number of rotatable bonds is 2. The number of nitrogens with zero attached hydrogens (tertiary/aromatic N) is 4. The number of pyridine rings is 2. The molecule has 5 nitrogen and oxygen atoms in total. The van der Waals surface area contributed by atoms with E-state index in [1.807, 2.05) is 24.8 Å². The second-order valence-corrected chi connectivity index (χ2v) is 13.7. The maximum atomic E-state index is 6.57. The van der Waals surface area contributed by atoms with Crippen LogP contribution in [0.1, 0.15) is 52.7 Å². The predicted octanol–water partition coefficient (Wildman–Crippen LogP) is 9.98. The van der Waals surface area contributed by atoms with Crippen LogP contribution < -0.4 is 4.74 Å². The summed E-state index contributed by atoms with van der Waals surface area (Å²) in [6.45, 7) is 13.6. The first-order valence-electron chi connectivity index (χ1n) is 14.9. The van der Waals surface area contributed by atoms with Gasteiger partial charge in [-0.2, -0.15) is 0 Å². The number of imidazole rings is 2. The van der Waals surface area contributed by atoms with Crippen molar-refractivity contribution in [2.75, 3.05) is 0 Å². The van der Waals surface area contributed by atoms with Gasteiger partial charge in [0.2, 0.25) is 0 Å². The van der Waals surface area contributed by atoms with Gasteiger partial charge in [0, 0.05) is 46.3 Å². The van der Waals surface area contributed by atoms with Crippen LogP contribution >= 0.6 is 0 Å². The number of benzene rings is 4. The van der Waals surface area contributed by atoms with Crippen LogP contribution in [0.5, 0.6) is 11.5 Å². The SMILES string of the molecule is CC(C)(C)c1ccc2c(c1)c1ccc(Oc3ccc4c(c3)c3nccn3c3cccc(C(C)(C)C)c43)cc1c1nccn21. The van der Waals surface area contributed by atoms with Gasteiger partial charge in [-0.15, -0.1) is 0 Å². The zero-order chi connectivity index (χ0) is 29.7. The molecule has 0 saturated heterocycles. The molecule has 0 spiro atoms. The molecule has 0 amide bonds. The topological polar surface area (TPSA) is 43.8 Å². The first kappa shape index (κ1) is 25.8. The molecule has 4 aromatic carbocycles. The summed E-state index contributed by atoms with van der Waals surface area (Å²) in [6.07, 6.45) is 7.83. The quantitative estimate of drug-likeness (QED) is 0.197. The maximum Gasteiger partial charge on any atom is 0.145 e. The van der Waals surface area contributed by atoms with Crippen molar-refractivity contribution in [2.24, 2.45) is 0 Å². The van der Waals surface area contributed by atoms with Gasteiger partial charge in [-0.25, -0.2) is 9.97 Å². The van der Waals surface area contributed by atoms with E-state index in [9.17, 15) is 0 Å². The molecule has 0 aliphatic carbocycles. The van der Waals surface area contributed by atoms with Crippen LogP contribution in [-0.4, -0.2) is 18.8 Å². The smallest absolute Gasteiger partial charge is 0.145 e. The van der Waals surface area contributed by atoms with Gasteiger partial charge in [0.05, 0.1) is 11.0 Å². The van der Waals surface area contributed by atoms with E-state index in [0.29, 0.717) is 0 Å². The average molecular weight is 563 g/mol. The number of hydrogen-bond acceptors (Lipinski definition) is 3. The van der Waals surface area contributed by atoms with Crippen molar-refractivity contribution in [2.45, 2.75) is 52.4 Å². The number of aromatic nitrogens is 4. The molecule has 212 valence electrons. The summed E-state index contributed by atoms with van der Waals surface area (Å²) >= 11 is 0. The highest BCUT2D eigenvalue weighted by atomic mass is 16.5. The second kappa shape index (κ2) is 8.81. The van der Waals surface area contributed by atoms with Crippen LogP contribution in [0.2, 0.25) is 0 Å². The molecule has 0 aliphatic rings. The minimum Gasteiger partial charge on any atom is -0.457 e. The Morgan fingerprint density at radius 2 is 1.19 bits per heavy atom. The molecule has 0 radical (unpaired) electrons. The van der Waals surface area contributed by atoms with E-state index in [-0.39, 0.29) is 10.8 Å². The fraction of sp³-hybridized carbons (Fsp3) is 0.211. The van der Waals surface area contributed by atoms with E-state index in [2.05, 4.69) is 123 Å². The minimum absolute atomic E-state index is 0.00301. The van der Waals surface area contributed by atoms with E-state index in [0.717, 1.165) is 39.1 Å². The summed E-state index contributed by atoms with van der Waals surface area (Å²) in [7, 11) is 0. The summed E-state index contributed by atoms with van der Waals surface area (Å²) in [5.74, 6) is 1.55. The summed E-state index contributed by atoms with van der Waals surface area (Å²) in [6, 6.07) is 26.1. The normalized spacial score (nSPS) is 12.9. The lowest BCUT2D eigenvalue weighted by atomic mass is 9.83. The van der Waals surface area contributed by atoms with Crippen LogP contribution in [0.15, 0.2) is 97.6 Å². The highest BCUT2D eigenvalue weighted by molar-refractivity contribution is 6.14. The van der Waals surface area contributed by atoms with E-state index in [4.69, 9.17) is 14.7 Å². The van der Waals surface area contributed by atoms with Gasteiger partial charge in [-0.05, 0) is 87.3 Å². The first-order chi connectivity index (χ1) is 20.6. The zero-order valence-corrected chi connectivity index (χ0v) is 25.4. The van der Waals surface area contributed by atoms with Crippen LogP contribution in [0, 0.1) is 0 Å². The molecule has 8 rings (SSSR count). The van der Waals surface area contributed by atoms with Crippen LogP contribution in [0.4, 0.5) is 0 Å². The third-order valence-electron chi connectivity index (χ3n) is 8.77. The Hall–Kier alpha value is -4.90. The molecule has 5 heteroatoms. The van der Waals surface area contributed by atoms with Crippen LogP contribution in [0.3, 0.4) is 0 Å². The lowest BCUT2D eigenvalue weighted by Gasteiger charge is -2.23. The summed E-state index contributed by atoms with van der Waals surface area (Å²) < 4.78 is 10.9. The Bertz CT molecular complexity index is 2400. The maximum absolute atomic E-state index is 6.57. The Kier molecular flexibility index (Phi) is 5.28. The standard InChI is InChI=1S/C38H34N4O/c1-37(2,3)23-10-15-32-28(20-23)26-13-11-24(21-29(26)35-39-16-18-41(32)35)43-25-12-14-27-30(22-25)36-40-17-19-42(36)33-9-7-8-31(34(27)33)38(4,5)6/h7-22H,1-6H3. The summed E-state index contributed by atoms with van der Waals surface area (Å²) in [5.41, 5.74) is 6.86. The summed E-state index contributed by atoms with van der Waals surface area (Å²) in [4.78, 5) is 9.49. The number of hydrogen-bond donors (Lipinski definition) is 0. The van der Waals surface area contributed by atoms with Crippen molar-refractivity contribution >= 4 is 54.6 Å². The highest BCUT2D eigenvalue weighted by Crippen LogP contribution is 2.39. The van der Waals surface area contributed by atoms with E-state index in [1.54, 1.807) is 0 Å². The van der Waals surface area contributed by atoms with Gasteiger partial charge in [0.1, 0.15) is 22.8 Å². The molecule has 0 unspecified atom stereocenters. The molecular weight excluding hydrogens is 528 g/mol. The van der Waals surface area contributed by atoms with Crippen LogP contribution in [0.25, 0.3) is 54.6 Å². The molecular formula is C38H34N4O. The zero-order valence-electron chi connectivity index (χ0n) is 25.4. The van der Waals surface area contributed by atoms with E-state index >= 15 is 0 Å². The predicted molar refractivity (Wildman–Crippen MR) is 178 cm³/mol. The lowest BCUT2D eigenvalue weighted by Crippen LogP contribution is -2.12. The molecule has 4 heterocycles.